The predicted molar refractivity (Wildman–Crippen MR) is 70.1 cm³/mol. The fraction of sp³-hybridized carbons (Fsp3) is 0.357. The molecule has 4 nitrogen and oxygen atoms in total. The molecular formula is C14H15N3O. The Labute approximate surface area is 106 Å². The van der Waals surface area contributed by atoms with Crippen molar-refractivity contribution < 1.29 is 4.79 Å². The summed E-state index contributed by atoms with van der Waals surface area (Å²) in [4.78, 5) is 14.1. The van der Waals surface area contributed by atoms with Gasteiger partial charge < -0.3 is 0 Å². The van der Waals surface area contributed by atoms with Crippen molar-refractivity contribution in [2.24, 2.45) is 5.11 Å². The number of carbonyl (C=O) groups excluding carboxylic acids is 1. The Kier molecular flexibility index (Phi) is 3.80. The van der Waals surface area contributed by atoms with Crippen LogP contribution in [0.25, 0.3) is 10.4 Å². The van der Waals surface area contributed by atoms with Gasteiger partial charge >= 0.3 is 0 Å². The normalized spacial score (nSPS) is 22.6. The molecule has 0 bridgehead atoms. The van der Waals surface area contributed by atoms with Gasteiger partial charge in [0.1, 0.15) is 0 Å². The molecule has 0 saturated heterocycles. The molecule has 1 atom stereocenters. The number of carbonyl (C=O) groups is 1. The van der Waals surface area contributed by atoms with Gasteiger partial charge in [0.25, 0.3) is 0 Å². The molecule has 0 fully saturated rings. The van der Waals surface area contributed by atoms with E-state index in [-0.39, 0.29) is 11.2 Å². The van der Waals surface area contributed by atoms with E-state index in [0.29, 0.717) is 13.0 Å². The van der Waals surface area contributed by atoms with E-state index in [9.17, 15) is 4.79 Å². The molecule has 0 aliphatic heterocycles. The summed E-state index contributed by atoms with van der Waals surface area (Å²) in [5.74, 6) is 0.172. The number of hydrogen-bond donors (Lipinski definition) is 0. The van der Waals surface area contributed by atoms with E-state index < -0.39 is 0 Å². The number of benzene rings is 1. The van der Waals surface area contributed by atoms with Crippen molar-refractivity contribution in [1.82, 2.24) is 0 Å². The molecule has 1 aliphatic rings. The van der Waals surface area contributed by atoms with Crippen molar-refractivity contribution in [3.63, 3.8) is 0 Å². The molecule has 1 aromatic rings. The maximum atomic E-state index is 11.3. The van der Waals surface area contributed by atoms with Crippen molar-refractivity contribution >= 4 is 5.78 Å². The Bertz CT molecular complexity index is 503. The average molecular weight is 241 g/mol. The summed E-state index contributed by atoms with van der Waals surface area (Å²) >= 11 is 0. The van der Waals surface area contributed by atoms with Crippen LogP contribution < -0.4 is 0 Å². The summed E-state index contributed by atoms with van der Waals surface area (Å²) in [6.45, 7) is 0.448. The number of rotatable bonds is 4. The second-order valence-corrected chi connectivity index (χ2v) is 4.53. The van der Waals surface area contributed by atoms with E-state index in [1.165, 1.54) is 5.56 Å². The van der Waals surface area contributed by atoms with Crippen LogP contribution in [0.15, 0.2) is 47.6 Å². The van der Waals surface area contributed by atoms with Gasteiger partial charge in [0.2, 0.25) is 0 Å². The fourth-order valence-electron chi connectivity index (χ4n) is 2.42. The maximum Gasteiger partial charge on any atom is 0.155 e. The molecule has 0 spiro atoms. The zero-order valence-electron chi connectivity index (χ0n) is 10.1. The van der Waals surface area contributed by atoms with Gasteiger partial charge in [0, 0.05) is 23.3 Å². The van der Waals surface area contributed by atoms with Crippen molar-refractivity contribution in [1.29, 1.82) is 0 Å². The minimum atomic E-state index is -0.163. The lowest BCUT2D eigenvalue weighted by Gasteiger charge is -2.33. The summed E-state index contributed by atoms with van der Waals surface area (Å²) in [6, 6.07) is 10.1. The van der Waals surface area contributed by atoms with Gasteiger partial charge in [0.15, 0.2) is 5.78 Å². The number of allylic oxidation sites excluding steroid dienone is 2. The van der Waals surface area contributed by atoms with Crippen LogP contribution in [0, 0.1) is 0 Å². The molecular weight excluding hydrogens is 226 g/mol. The number of hydrogen-bond acceptors (Lipinski definition) is 2. The molecule has 0 unspecified atom stereocenters. The monoisotopic (exact) mass is 241 g/mol. The third-order valence-electron chi connectivity index (χ3n) is 3.48. The number of azide groups is 1. The highest BCUT2D eigenvalue weighted by Gasteiger charge is 2.31. The maximum absolute atomic E-state index is 11.3. The molecule has 1 aromatic carbocycles. The quantitative estimate of drug-likeness (QED) is 0.451. The lowest BCUT2D eigenvalue weighted by molar-refractivity contribution is -0.115. The van der Waals surface area contributed by atoms with Gasteiger partial charge in [-0.1, -0.05) is 41.5 Å². The summed E-state index contributed by atoms with van der Waals surface area (Å²) in [7, 11) is 0. The van der Waals surface area contributed by atoms with E-state index in [2.05, 4.69) is 22.2 Å². The van der Waals surface area contributed by atoms with E-state index >= 15 is 0 Å². The summed E-state index contributed by atoms with van der Waals surface area (Å²) in [5, 5.41) is 3.62. The second-order valence-electron chi connectivity index (χ2n) is 4.53. The van der Waals surface area contributed by atoms with E-state index in [1.54, 1.807) is 6.08 Å². The lowest BCUT2D eigenvalue weighted by Crippen LogP contribution is -2.28. The minimum absolute atomic E-state index is 0.163. The highest BCUT2D eigenvalue weighted by Crippen LogP contribution is 2.37. The van der Waals surface area contributed by atoms with Crippen molar-refractivity contribution in [2.45, 2.75) is 24.7 Å². The third kappa shape index (κ3) is 2.60. The van der Waals surface area contributed by atoms with Gasteiger partial charge in [-0.25, -0.2) is 0 Å². The highest BCUT2D eigenvalue weighted by atomic mass is 16.1. The SMILES string of the molecule is [N-]=[N+]=NCC[C@@]1(c2ccccc2)C=CC(=O)CC1. The van der Waals surface area contributed by atoms with Crippen LogP contribution in [0.2, 0.25) is 0 Å². The van der Waals surface area contributed by atoms with Crippen LogP contribution in [-0.2, 0) is 10.2 Å². The molecule has 0 radical (unpaired) electrons. The molecule has 0 amide bonds. The first kappa shape index (κ1) is 12.4. The van der Waals surface area contributed by atoms with Crippen LogP contribution in [0.3, 0.4) is 0 Å². The first-order valence-corrected chi connectivity index (χ1v) is 6.05. The predicted octanol–water partition coefficient (Wildman–Crippen LogP) is 3.54. The first-order chi connectivity index (χ1) is 8.77. The van der Waals surface area contributed by atoms with Crippen LogP contribution in [0.5, 0.6) is 0 Å². The molecule has 1 aliphatic carbocycles. The molecule has 0 saturated carbocycles. The van der Waals surface area contributed by atoms with Crippen LogP contribution in [0.1, 0.15) is 24.8 Å². The van der Waals surface area contributed by atoms with Gasteiger partial charge in [-0.2, -0.15) is 0 Å². The Balaban J connectivity index is 2.31. The van der Waals surface area contributed by atoms with Gasteiger partial charge in [0.05, 0.1) is 0 Å². The minimum Gasteiger partial charge on any atom is -0.295 e. The van der Waals surface area contributed by atoms with Crippen LogP contribution in [-0.4, -0.2) is 12.3 Å². The summed E-state index contributed by atoms with van der Waals surface area (Å²) in [6.07, 6.45) is 5.72. The van der Waals surface area contributed by atoms with E-state index in [4.69, 9.17) is 5.53 Å². The standard InChI is InChI=1S/C14H15N3O/c15-17-16-11-10-14(8-6-13(18)7-9-14)12-4-2-1-3-5-12/h1-6,8H,7,9-11H2/t14-/m1/s1. The highest BCUT2D eigenvalue weighted by molar-refractivity contribution is 5.91. The molecule has 2 rings (SSSR count). The lowest BCUT2D eigenvalue weighted by atomic mass is 9.71. The van der Waals surface area contributed by atoms with Gasteiger partial charge in [-0.3, -0.25) is 4.79 Å². The third-order valence-corrected chi connectivity index (χ3v) is 3.48. The first-order valence-electron chi connectivity index (χ1n) is 6.05. The Morgan fingerprint density at radius 3 is 2.72 bits per heavy atom. The Morgan fingerprint density at radius 1 is 1.33 bits per heavy atom. The Hall–Kier alpha value is -2.06. The van der Waals surface area contributed by atoms with Crippen LogP contribution >= 0.6 is 0 Å². The largest absolute Gasteiger partial charge is 0.295 e. The molecule has 0 N–H and O–H groups in total. The van der Waals surface area contributed by atoms with Gasteiger partial charge in [-0.15, -0.1) is 0 Å². The van der Waals surface area contributed by atoms with Crippen molar-refractivity contribution in [3.8, 4) is 0 Å². The number of nitrogens with zero attached hydrogens (tertiary/aromatic N) is 3. The summed E-state index contributed by atoms with van der Waals surface area (Å²) in [5.41, 5.74) is 9.40. The van der Waals surface area contributed by atoms with E-state index in [1.807, 2.05) is 24.3 Å². The molecule has 92 valence electrons. The second kappa shape index (κ2) is 5.52. The van der Waals surface area contributed by atoms with Crippen LogP contribution in [0.4, 0.5) is 0 Å². The zero-order valence-corrected chi connectivity index (χ0v) is 10.1. The molecule has 4 heteroatoms. The van der Waals surface area contributed by atoms with E-state index in [0.717, 1.165) is 12.8 Å². The number of ketones is 1. The Morgan fingerprint density at radius 2 is 2.11 bits per heavy atom. The smallest absolute Gasteiger partial charge is 0.155 e. The fourth-order valence-corrected chi connectivity index (χ4v) is 2.42. The molecule has 0 aromatic heterocycles. The van der Waals surface area contributed by atoms with Gasteiger partial charge in [-0.05, 0) is 30.0 Å². The average Bonchev–Trinajstić information content (AvgIpc) is 2.43. The molecule has 18 heavy (non-hydrogen) atoms. The zero-order chi connectivity index (χ0) is 12.8. The summed E-state index contributed by atoms with van der Waals surface area (Å²) < 4.78 is 0. The van der Waals surface area contributed by atoms with Crippen molar-refractivity contribution in [2.75, 3.05) is 6.54 Å². The topological polar surface area (TPSA) is 65.8 Å². The molecule has 0 heterocycles. The van der Waals surface area contributed by atoms with Crippen molar-refractivity contribution in [3.05, 3.63) is 58.5 Å².